The highest BCUT2D eigenvalue weighted by molar-refractivity contribution is 6.06. The van der Waals surface area contributed by atoms with Gasteiger partial charge >= 0.3 is 0 Å². The van der Waals surface area contributed by atoms with Crippen molar-refractivity contribution in [3.63, 3.8) is 0 Å². The third kappa shape index (κ3) is 1.48. The molecule has 4 rings (SSSR count). The Morgan fingerprint density at radius 1 is 1.20 bits per heavy atom. The van der Waals surface area contributed by atoms with E-state index in [4.69, 9.17) is 4.99 Å². The van der Waals surface area contributed by atoms with Crippen LogP contribution in [0.15, 0.2) is 53.8 Å². The Kier molecular flexibility index (Phi) is 2.33. The van der Waals surface area contributed by atoms with Crippen LogP contribution in [0.2, 0.25) is 0 Å². The smallest absolute Gasteiger partial charge is 0.137 e. The molecule has 0 bridgehead atoms. The minimum absolute atomic E-state index is 0.294. The SMILES string of the molecule is CC1(c2cccnc2)Nc2ccccc2C2=NCCN21. The summed E-state index contributed by atoms with van der Waals surface area (Å²) >= 11 is 0. The average Bonchev–Trinajstić information content (AvgIpc) is 2.99. The molecular weight excluding hydrogens is 248 g/mol. The van der Waals surface area contributed by atoms with E-state index in [9.17, 15) is 0 Å². The fourth-order valence-corrected chi connectivity index (χ4v) is 3.11. The lowest BCUT2D eigenvalue weighted by molar-refractivity contribution is 0.242. The molecule has 1 aromatic carbocycles. The maximum atomic E-state index is 4.70. The molecule has 0 saturated carbocycles. The van der Waals surface area contributed by atoms with Crippen LogP contribution in [0.5, 0.6) is 0 Å². The van der Waals surface area contributed by atoms with Gasteiger partial charge < -0.3 is 10.2 Å². The van der Waals surface area contributed by atoms with E-state index in [1.807, 2.05) is 18.5 Å². The zero-order valence-corrected chi connectivity index (χ0v) is 11.4. The second-order valence-electron chi connectivity index (χ2n) is 5.34. The van der Waals surface area contributed by atoms with Gasteiger partial charge in [0, 0.05) is 35.8 Å². The molecule has 2 aliphatic rings. The van der Waals surface area contributed by atoms with Crippen LogP contribution in [0, 0.1) is 0 Å². The highest BCUT2D eigenvalue weighted by atomic mass is 15.4. The first-order chi connectivity index (χ1) is 9.79. The second-order valence-corrected chi connectivity index (χ2v) is 5.34. The maximum Gasteiger partial charge on any atom is 0.137 e. The van der Waals surface area contributed by atoms with Crippen molar-refractivity contribution in [3.8, 4) is 0 Å². The Balaban J connectivity index is 1.90. The fraction of sp³-hybridized carbons (Fsp3) is 0.250. The van der Waals surface area contributed by atoms with Gasteiger partial charge in [0.2, 0.25) is 0 Å². The van der Waals surface area contributed by atoms with E-state index in [1.165, 1.54) is 5.56 Å². The van der Waals surface area contributed by atoms with E-state index >= 15 is 0 Å². The molecule has 0 aliphatic carbocycles. The van der Waals surface area contributed by atoms with Gasteiger partial charge in [-0.3, -0.25) is 9.98 Å². The Labute approximate surface area is 118 Å². The number of hydrogen-bond donors (Lipinski definition) is 1. The third-order valence-corrected chi connectivity index (χ3v) is 4.15. The van der Waals surface area contributed by atoms with Crippen molar-refractivity contribution < 1.29 is 0 Å². The molecule has 2 aliphatic heterocycles. The summed E-state index contributed by atoms with van der Waals surface area (Å²) in [5.74, 6) is 1.09. The summed E-state index contributed by atoms with van der Waals surface area (Å²) in [6.07, 6.45) is 3.74. The standard InChI is InChI=1S/C16H16N4/c1-16(12-5-4-8-17-11-12)19-14-7-3-2-6-13(14)15-18-9-10-20(15)16/h2-8,11,19H,9-10H2,1H3. The Morgan fingerprint density at radius 2 is 2.10 bits per heavy atom. The predicted molar refractivity (Wildman–Crippen MR) is 79.8 cm³/mol. The second kappa shape index (κ2) is 4.07. The van der Waals surface area contributed by atoms with Gasteiger partial charge in [0.15, 0.2) is 0 Å². The van der Waals surface area contributed by atoms with Gasteiger partial charge in [0.1, 0.15) is 11.5 Å². The van der Waals surface area contributed by atoms with Crippen molar-refractivity contribution in [1.82, 2.24) is 9.88 Å². The predicted octanol–water partition coefficient (Wildman–Crippen LogP) is 2.44. The van der Waals surface area contributed by atoms with Crippen LogP contribution >= 0.6 is 0 Å². The number of hydrogen-bond acceptors (Lipinski definition) is 4. The number of amidine groups is 1. The molecule has 0 radical (unpaired) electrons. The lowest BCUT2D eigenvalue weighted by Gasteiger charge is -2.46. The number of fused-ring (bicyclic) bond motifs is 3. The molecule has 0 saturated heterocycles. The van der Waals surface area contributed by atoms with E-state index < -0.39 is 0 Å². The lowest BCUT2D eigenvalue weighted by Crippen LogP contribution is -2.54. The number of benzene rings is 1. The molecule has 20 heavy (non-hydrogen) atoms. The van der Waals surface area contributed by atoms with Crippen LogP contribution in [0.4, 0.5) is 5.69 Å². The summed E-state index contributed by atoms with van der Waals surface area (Å²) in [5.41, 5.74) is 3.18. The molecule has 0 fully saturated rings. The minimum atomic E-state index is -0.294. The number of aliphatic imine (C=N–C) groups is 1. The Morgan fingerprint density at radius 3 is 2.95 bits per heavy atom. The van der Waals surface area contributed by atoms with Gasteiger partial charge in [-0.1, -0.05) is 18.2 Å². The van der Waals surface area contributed by atoms with E-state index in [1.54, 1.807) is 0 Å². The van der Waals surface area contributed by atoms with Crippen molar-refractivity contribution in [1.29, 1.82) is 0 Å². The normalized spacial score (nSPS) is 23.6. The summed E-state index contributed by atoms with van der Waals surface area (Å²) in [6, 6.07) is 12.5. The average molecular weight is 264 g/mol. The number of nitrogens with zero attached hydrogens (tertiary/aromatic N) is 3. The number of rotatable bonds is 1. The zero-order chi connectivity index (χ0) is 13.6. The highest BCUT2D eigenvalue weighted by Crippen LogP contribution is 2.38. The van der Waals surface area contributed by atoms with Gasteiger partial charge in [-0.05, 0) is 25.1 Å². The van der Waals surface area contributed by atoms with Crippen molar-refractivity contribution in [2.45, 2.75) is 12.6 Å². The summed E-state index contributed by atoms with van der Waals surface area (Å²) in [4.78, 5) is 11.3. The van der Waals surface area contributed by atoms with Crippen molar-refractivity contribution in [2.75, 3.05) is 18.4 Å². The van der Waals surface area contributed by atoms with Crippen molar-refractivity contribution in [3.05, 3.63) is 59.9 Å². The molecule has 4 heteroatoms. The molecule has 1 atom stereocenters. The van der Waals surface area contributed by atoms with Crippen LogP contribution in [0.1, 0.15) is 18.1 Å². The van der Waals surface area contributed by atoms with Gasteiger partial charge in [0.25, 0.3) is 0 Å². The minimum Gasteiger partial charge on any atom is -0.358 e. The number of aromatic nitrogens is 1. The van der Waals surface area contributed by atoms with Crippen LogP contribution in [-0.2, 0) is 5.66 Å². The van der Waals surface area contributed by atoms with Gasteiger partial charge in [-0.25, -0.2) is 0 Å². The van der Waals surface area contributed by atoms with Crippen molar-refractivity contribution in [2.24, 2.45) is 4.99 Å². The van der Waals surface area contributed by atoms with Crippen LogP contribution in [0.3, 0.4) is 0 Å². The quantitative estimate of drug-likeness (QED) is 0.860. The molecule has 0 spiro atoms. The summed E-state index contributed by atoms with van der Waals surface area (Å²) < 4.78 is 0. The largest absolute Gasteiger partial charge is 0.358 e. The summed E-state index contributed by atoms with van der Waals surface area (Å²) in [7, 11) is 0. The molecule has 100 valence electrons. The Bertz CT molecular complexity index is 680. The molecule has 1 aromatic heterocycles. The maximum absolute atomic E-state index is 4.70. The first-order valence-corrected chi connectivity index (χ1v) is 6.89. The highest BCUT2D eigenvalue weighted by Gasteiger charge is 2.42. The first kappa shape index (κ1) is 11.5. The van der Waals surface area contributed by atoms with Gasteiger partial charge in [-0.15, -0.1) is 0 Å². The zero-order valence-electron chi connectivity index (χ0n) is 11.4. The first-order valence-electron chi connectivity index (χ1n) is 6.89. The van der Waals surface area contributed by atoms with Crippen LogP contribution in [-0.4, -0.2) is 28.8 Å². The molecule has 2 aromatic rings. The Hall–Kier alpha value is -2.36. The van der Waals surface area contributed by atoms with Crippen LogP contribution in [0.25, 0.3) is 0 Å². The van der Waals surface area contributed by atoms with Crippen molar-refractivity contribution >= 4 is 11.5 Å². The summed E-state index contributed by atoms with van der Waals surface area (Å²) in [5, 5.41) is 3.67. The molecule has 1 unspecified atom stereocenters. The number of nitrogens with one attached hydrogen (secondary N) is 1. The van der Waals surface area contributed by atoms with E-state index in [0.717, 1.165) is 30.2 Å². The fourth-order valence-electron chi connectivity index (χ4n) is 3.11. The molecule has 1 N–H and O–H groups in total. The van der Waals surface area contributed by atoms with Gasteiger partial charge in [0.05, 0.1) is 6.54 Å². The molecule has 0 amide bonds. The van der Waals surface area contributed by atoms with Crippen LogP contribution < -0.4 is 5.32 Å². The molecule has 3 heterocycles. The summed E-state index contributed by atoms with van der Waals surface area (Å²) in [6.45, 7) is 3.98. The van der Waals surface area contributed by atoms with E-state index in [2.05, 4.69) is 52.5 Å². The number of pyridine rings is 1. The third-order valence-electron chi connectivity index (χ3n) is 4.15. The van der Waals surface area contributed by atoms with Gasteiger partial charge in [-0.2, -0.15) is 0 Å². The van der Waals surface area contributed by atoms with E-state index in [-0.39, 0.29) is 5.66 Å². The number of para-hydroxylation sites is 1. The molecular formula is C16H16N4. The lowest BCUT2D eigenvalue weighted by atomic mass is 9.95. The van der Waals surface area contributed by atoms with E-state index in [0.29, 0.717) is 0 Å². The number of anilines is 1. The monoisotopic (exact) mass is 264 g/mol. The molecule has 4 nitrogen and oxygen atoms in total. The topological polar surface area (TPSA) is 40.5 Å².